The highest BCUT2D eigenvalue weighted by molar-refractivity contribution is 5.85. The summed E-state index contributed by atoms with van der Waals surface area (Å²) in [5, 5.41) is 9.26. The van der Waals surface area contributed by atoms with E-state index in [2.05, 4.69) is 22.9 Å². The summed E-state index contributed by atoms with van der Waals surface area (Å²) in [5.41, 5.74) is 0. The van der Waals surface area contributed by atoms with E-state index < -0.39 is 0 Å². The minimum absolute atomic E-state index is 0. The summed E-state index contributed by atoms with van der Waals surface area (Å²) < 4.78 is 0. The highest BCUT2D eigenvalue weighted by atomic mass is 35.5. The second-order valence-corrected chi connectivity index (χ2v) is 7.07. The monoisotopic (exact) mass is 374 g/mol. The van der Waals surface area contributed by atoms with E-state index in [4.69, 9.17) is 0 Å². The zero-order chi connectivity index (χ0) is 17.2. The fraction of sp³-hybridized carbons (Fsp3) is 0.889. The molecular weight excluding hydrogens is 340 g/mol. The van der Waals surface area contributed by atoms with Crippen molar-refractivity contribution in [1.82, 2.24) is 20.9 Å². The van der Waals surface area contributed by atoms with Crippen molar-refractivity contribution in [3.8, 4) is 0 Å². The summed E-state index contributed by atoms with van der Waals surface area (Å²) >= 11 is 0. The molecule has 1 saturated heterocycles. The van der Waals surface area contributed by atoms with Crippen molar-refractivity contribution >= 4 is 24.3 Å². The van der Waals surface area contributed by atoms with Gasteiger partial charge in [-0.3, -0.25) is 4.79 Å². The molecule has 2 aliphatic rings. The van der Waals surface area contributed by atoms with Gasteiger partial charge in [0.25, 0.3) is 0 Å². The zero-order valence-corrected chi connectivity index (χ0v) is 16.3. The molecule has 0 radical (unpaired) electrons. The molecule has 3 amide bonds. The number of hydrogen-bond acceptors (Lipinski definition) is 3. The number of rotatable bonds is 8. The SMILES string of the molecule is CCCN(C(=O)CCCNC(=O)NC1CCCCC1)C1CCNC1.Cl. The van der Waals surface area contributed by atoms with Gasteiger partial charge in [-0.25, -0.2) is 4.79 Å². The van der Waals surface area contributed by atoms with Crippen LogP contribution < -0.4 is 16.0 Å². The molecule has 0 aromatic heterocycles. The second-order valence-electron chi connectivity index (χ2n) is 7.07. The average Bonchev–Trinajstić information content (AvgIpc) is 3.11. The molecule has 1 saturated carbocycles. The molecule has 6 nitrogen and oxygen atoms in total. The lowest BCUT2D eigenvalue weighted by Crippen LogP contribution is -2.44. The highest BCUT2D eigenvalue weighted by Crippen LogP contribution is 2.17. The number of hydrogen-bond donors (Lipinski definition) is 3. The van der Waals surface area contributed by atoms with Gasteiger partial charge in [0.05, 0.1) is 0 Å². The van der Waals surface area contributed by atoms with Crippen LogP contribution in [0.1, 0.15) is 64.7 Å². The van der Waals surface area contributed by atoms with Gasteiger partial charge in [0, 0.05) is 38.1 Å². The molecule has 25 heavy (non-hydrogen) atoms. The summed E-state index contributed by atoms with van der Waals surface area (Å²) in [4.78, 5) is 26.4. The molecule has 7 heteroatoms. The van der Waals surface area contributed by atoms with Crippen LogP contribution in [-0.4, -0.2) is 55.1 Å². The molecule has 146 valence electrons. The molecule has 1 heterocycles. The number of nitrogens with zero attached hydrogens (tertiary/aromatic N) is 1. The van der Waals surface area contributed by atoms with Gasteiger partial charge in [-0.1, -0.05) is 26.2 Å². The summed E-state index contributed by atoms with van der Waals surface area (Å²) in [6.45, 7) is 5.42. The molecule has 1 atom stereocenters. The fourth-order valence-corrected chi connectivity index (χ4v) is 3.73. The van der Waals surface area contributed by atoms with Crippen molar-refractivity contribution in [2.45, 2.75) is 76.8 Å². The maximum atomic E-state index is 12.5. The number of amides is 3. The Kier molecular flexibility index (Phi) is 10.9. The summed E-state index contributed by atoms with van der Waals surface area (Å²) in [6, 6.07) is 0.593. The van der Waals surface area contributed by atoms with Gasteiger partial charge < -0.3 is 20.9 Å². The van der Waals surface area contributed by atoms with Crippen molar-refractivity contribution in [2.24, 2.45) is 0 Å². The van der Waals surface area contributed by atoms with Crippen LogP contribution in [0.5, 0.6) is 0 Å². The Bertz CT molecular complexity index is 397. The molecule has 3 N–H and O–H groups in total. The number of halogens is 1. The van der Waals surface area contributed by atoms with Crippen LogP contribution in [0.25, 0.3) is 0 Å². The number of carbonyl (C=O) groups excluding carboxylic acids is 2. The molecule has 1 aliphatic carbocycles. The number of nitrogens with one attached hydrogen (secondary N) is 3. The van der Waals surface area contributed by atoms with Gasteiger partial charge in [0.15, 0.2) is 0 Å². The van der Waals surface area contributed by atoms with E-state index in [0.29, 0.717) is 31.5 Å². The third kappa shape index (κ3) is 7.82. The van der Waals surface area contributed by atoms with E-state index >= 15 is 0 Å². The Balaban J connectivity index is 0.00000312. The lowest BCUT2D eigenvalue weighted by molar-refractivity contribution is -0.133. The maximum absolute atomic E-state index is 12.5. The smallest absolute Gasteiger partial charge is 0.315 e. The van der Waals surface area contributed by atoms with E-state index in [1.807, 2.05) is 4.90 Å². The minimum Gasteiger partial charge on any atom is -0.338 e. The van der Waals surface area contributed by atoms with Crippen LogP contribution in [0.2, 0.25) is 0 Å². The summed E-state index contributed by atoms with van der Waals surface area (Å²) in [5.74, 6) is 0.222. The van der Waals surface area contributed by atoms with Crippen molar-refractivity contribution in [3.05, 3.63) is 0 Å². The third-order valence-corrected chi connectivity index (χ3v) is 5.05. The van der Waals surface area contributed by atoms with E-state index in [1.54, 1.807) is 0 Å². The molecule has 2 fully saturated rings. The first-order valence-electron chi connectivity index (χ1n) is 9.75. The van der Waals surface area contributed by atoms with E-state index in [0.717, 1.165) is 45.3 Å². The molecule has 2 rings (SSSR count). The lowest BCUT2D eigenvalue weighted by atomic mass is 9.96. The highest BCUT2D eigenvalue weighted by Gasteiger charge is 2.25. The number of urea groups is 1. The minimum atomic E-state index is -0.0836. The quantitative estimate of drug-likeness (QED) is 0.571. The molecule has 0 aromatic carbocycles. The Hall–Kier alpha value is -1.01. The Labute approximate surface area is 158 Å². The molecule has 1 aliphatic heterocycles. The standard InChI is InChI=1S/C18H34N4O2.ClH/c1-2-13-22(16-10-12-19-14-16)17(23)9-6-11-20-18(24)21-15-7-4-3-5-8-15;/h15-16,19H,2-14H2,1H3,(H2,20,21,24);1H. The Morgan fingerprint density at radius 1 is 1.16 bits per heavy atom. The van der Waals surface area contributed by atoms with Crippen molar-refractivity contribution in [2.75, 3.05) is 26.2 Å². The fourth-order valence-electron chi connectivity index (χ4n) is 3.73. The van der Waals surface area contributed by atoms with Gasteiger partial charge in [-0.15, -0.1) is 12.4 Å². The van der Waals surface area contributed by atoms with Crippen molar-refractivity contribution in [3.63, 3.8) is 0 Å². The predicted molar refractivity (Wildman–Crippen MR) is 103 cm³/mol. The summed E-state index contributed by atoms with van der Waals surface area (Å²) in [6.07, 6.45) is 9.15. The van der Waals surface area contributed by atoms with Gasteiger partial charge >= 0.3 is 6.03 Å². The molecular formula is C18H35ClN4O2. The topological polar surface area (TPSA) is 73.5 Å². The second kappa shape index (κ2) is 12.4. The van der Waals surface area contributed by atoms with Gasteiger partial charge in [-0.2, -0.15) is 0 Å². The van der Waals surface area contributed by atoms with Gasteiger partial charge in [0.2, 0.25) is 5.91 Å². The zero-order valence-electron chi connectivity index (χ0n) is 15.5. The Morgan fingerprint density at radius 2 is 1.92 bits per heavy atom. The summed E-state index contributed by atoms with van der Waals surface area (Å²) in [7, 11) is 0. The van der Waals surface area contributed by atoms with Crippen LogP contribution in [0.4, 0.5) is 4.79 Å². The van der Waals surface area contributed by atoms with Crippen LogP contribution in [0.15, 0.2) is 0 Å². The van der Waals surface area contributed by atoms with Crippen molar-refractivity contribution < 1.29 is 9.59 Å². The first-order chi connectivity index (χ1) is 11.7. The van der Waals surface area contributed by atoms with Crippen LogP contribution >= 0.6 is 12.4 Å². The average molecular weight is 375 g/mol. The lowest BCUT2D eigenvalue weighted by Gasteiger charge is -2.28. The van der Waals surface area contributed by atoms with Gasteiger partial charge in [0.1, 0.15) is 0 Å². The Morgan fingerprint density at radius 3 is 2.56 bits per heavy atom. The maximum Gasteiger partial charge on any atom is 0.315 e. The first-order valence-corrected chi connectivity index (χ1v) is 9.75. The van der Waals surface area contributed by atoms with E-state index in [9.17, 15) is 9.59 Å². The van der Waals surface area contributed by atoms with Crippen LogP contribution in [-0.2, 0) is 4.79 Å². The normalized spacial score (nSPS) is 20.6. The predicted octanol–water partition coefficient (Wildman–Crippen LogP) is 2.42. The largest absolute Gasteiger partial charge is 0.338 e. The molecule has 1 unspecified atom stereocenters. The first kappa shape index (κ1) is 22.0. The molecule has 0 bridgehead atoms. The number of carbonyl (C=O) groups is 2. The van der Waals surface area contributed by atoms with E-state index in [-0.39, 0.29) is 24.3 Å². The van der Waals surface area contributed by atoms with Crippen molar-refractivity contribution in [1.29, 1.82) is 0 Å². The molecule has 0 spiro atoms. The van der Waals surface area contributed by atoms with Crippen LogP contribution in [0, 0.1) is 0 Å². The van der Waals surface area contributed by atoms with Gasteiger partial charge in [-0.05, 0) is 38.6 Å². The van der Waals surface area contributed by atoms with Crippen LogP contribution in [0.3, 0.4) is 0 Å². The van der Waals surface area contributed by atoms with E-state index in [1.165, 1.54) is 19.3 Å². The molecule has 0 aromatic rings. The third-order valence-electron chi connectivity index (χ3n) is 5.05.